The van der Waals surface area contributed by atoms with Crippen LogP contribution in [0.4, 0.5) is 0 Å². The van der Waals surface area contributed by atoms with E-state index in [0.717, 1.165) is 51.6 Å². The Morgan fingerprint density at radius 2 is 1.71 bits per heavy atom. The summed E-state index contributed by atoms with van der Waals surface area (Å²) in [6.07, 6.45) is 8.57. The number of nitrogens with zero attached hydrogens (tertiary/aromatic N) is 5. The number of aromatic nitrogens is 5. The maximum atomic E-state index is 13.5. The largest absolute Gasteiger partial charge is 0.494 e. The second-order valence-electron chi connectivity index (χ2n) is 11.3. The number of aryl methyl sites for hydroxylation is 1. The quantitative estimate of drug-likeness (QED) is 0.134. The lowest BCUT2D eigenvalue weighted by molar-refractivity contribution is 0.241. The molecule has 6 rings (SSSR count). The van der Waals surface area contributed by atoms with Crippen LogP contribution in [0.3, 0.4) is 0 Å². The fraction of sp³-hybridized carbons (Fsp3) is 0.278. The van der Waals surface area contributed by atoms with Crippen LogP contribution in [0.25, 0.3) is 39.4 Å². The molecule has 0 aliphatic heterocycles. The van der Waals surface area contributed by atoms with Crippen LogP contribution in [0.1, 0.15) is 57.6 Å². The van der Waals surface area contributed by atoms with Crippen LogP contribution in [0.2, 0.25) is 0 Å². The zero-order chi connectivity index (χ0) is 31.3. The molecule has 45 heavy (non-hydrogen) atoms. The summed E-state index contributed by atoms with van der Waals surface area (Å²) in [5.41, 5.74) is 5.10. The van der Waals surface area contributed by atoms with E-state index >= 15 is 0 Å². The van der Waals surface area contributed by atoms with Crippen LogP contribution in [0, 0.1) is 6.92 Å². The van der Waals surface area contributed by atoms with E-state index in [2.05, 4.69) is 23.1 Å². The van der Waals surface area contributed by atoms with Crippen molar-refractivity contribution in [2.75, 3.05) is 6.61 Å². The summed E-state index contributed by atoms with van der Waals surface area (Å²) >= 11 is 1.32. The van der Waals surface area contributed by atoms with E-state index in [0.29, 0.717) is 21.9 Å². The van der Waals surface area contributed by atoms with Gasteiger partial charge < -0.3 is 9.47 Å². The van der Waals surface area contributed by atoms with Gasteiger partial charge >= 0.3 is 0 Å². The van der Waals surface area contributed by atoms with Crippen LogP contribution in [-0.2, 0) is 0 Å². The van der Waals surface area contributed by atoms with E-state index < -0.39 is 0 Å². The van der Waals surface area contributed by atoms with Gasteiger partial charge in [0.2, 0.25) is 4.96 Å². The van der Waals surface area contributed by atoms with E-state index in [4.69, 9.17) is 14.6 Å². The first-order valence-corrected chi connectivity index (χ1v) is 16.3. The van der Waals surface area contributed by atoms with Crippen molar-refractivity contribution >= 4 is 22.4 Å². The lowest BCUT2D eigenvalue weighted by Gasteiger charge is -2.13. The standard InChI is InChI=1S/C36H37N5O3S/c1-5-6-7-11-20-43-30-17-14-26(15-18-30)34-37-36-41(39-34)35(42)32(45-36)22-28-23-40(29-12-9-8-10-13-29)38-33(28)27-16-19-31(25(4)21-27)44-24(2)3/h8-10,12-19,21-24H,5-7,11,20H2,1-4H3. The highest BCUT2D eigenvalue weighted by Gasteiger charge is 2.16. The number of benzene rings is 3. The van der Waals surface area contributed by atoms with Gasteiger partial charge in [-0.05, 0) is 93.4 Å². The van der Waals surface area contributed by atoms with Gasteiger partial charge in [-0.3, -0.25) is 4.79 Å². The average Bonchev–Trinajstić information content (AvgIpc) is 3.73. The molecule has 0 saturated heterocycles. The van der Waals surface area contributed by atoms with E-state index in [1.54, 1.807) is 0 Å². The first-order valence-electron chi connectivity index (χ1n) is 15.5. The Kier molecular flexibility index (Phi) is 9.07. The Morgan fingerprint density at radius 3 is 2.42 bits per heavy atom. The third-order valence-corrected chi connectivity index (χ3v) is 8.38. The zero-order valence-electron chi connectivity index (χ0n) is 26.1. The molecule has 0 spiro atoms. The molecule has 3 aromatic carbocycles. The van der Waals surface area contributed by atoms with Gasteiger partial charge in [0, 0.05) is 22.9 Å². The second kappa shape index (κ2) is 13.5. The van der Waals surface area contributed by atoms with E-state index in [1.807, 2.05) is 104 Å². The van der Waals surface area contributed by atoms with Crippen LogP contribution in [-0.4, -0.2) is 37.1 Å². The monoisotopic (exact) mass is 619 g/mol. The zero-order valence-corrected chi connectivity index (χ0v) is 26.9. The van der Waals surface area contributed by atoms with Crippen LogP contribution >= 0.6 is 11.3 Å². The first-order chi connectivity index (χ1) is 21.9. The van der Waals surface area contributed by atoms with Gasteiger partial charge in [0.05, 0.1) is 22.9 Å². The van der Waals surface area contributed by atoms with Crippen LogP contribution in [0.15, 0.2) is 83.8 Å². The lowest BCUT2D eigenvalue weighted by Crippen LogP contribution is -2.23. The summed E-state index contributed by atoms with van der Waals surface area (Å²) in [7, 11) is 0. The minimum absolute atomic E-state index is 0.0802. The minimum Gasteiger partial charge on any atom is -0.494 e. The lowest BCUT2D eigenvalue weighted by atomic mass is 10.0. The van der Waals surface area contributed by atoms with Crippen LogP contribution < -0.4 is 19.6 Å². The molecule has 0 aliphatic carbocycles. The first kappa shape index (κ1) is 30.3. The highest BCUT2D eigenvalue weighted by molar-refractivity contribution is 7.15. The molecular formula is C36H37N5O3S. The molecule has 0 aliphatic rings. The highest BCUT2D eigenvalue weighted by Crippen LogP contribution is 2.30. The van der Waals surface area contributed by atoms with Gasteiger partial charge in [-0.25, -0.2) is 4.68 Å². The normalized spacial score (nSPS) is 12.0. The van der Waals surface area contributed by atoms with Gasteiger partial charge in [-0.15, -0.1) is 5.10 Å². The molecule has 0 saturated carbocycles. The molecule has 0 atom stereocenters. The molecule has 6 aromatic rings. The number of fused-ring (bicyclic) bond motifs is 1. The van der Waals surface area contributed by atoms with Crippen molar-refractivity contribution in [2.24, 2.45) is 0 Å². The summed E-state index contributed by atoms with van der Waals surface area (Å²) in [4.78, 5) is 18.8. The van der Waals surface area contributed by atoms with Crippen LogP contribution in [0.5, 0.6) is 11.5 Å². The molecule has 9 heteroatoms. The third-order valence-electron chi connectivity index (χ3n) is 7.42. The minimum atomic E-state index is -0.212. The fourth-order valence-corrected chi connectivity index (χ4v) is 6.03. The third kappa shape index (κ3) is 6.83. The number of thiazole rings is 1. The summed E-state index contributed by atoms with van der Waals surface area (Å²) in [5, 5.41) is 9.50. The van der Waals surface area contributed by atoms with E-state index in [-0.39, 0.29) is 11.7 Å². The number of hydrogen-bond donors (Lipinski definition) is 0. The summed E-state index contributed by atoms with van der Waals surface area (Å²) in [5.74, 6) is 2.17. The molecule has 0 radical (unpaired) electrons. The average molecular weight is 620 g/mol. The molecule has 0 amide bonds. The Morgan fingerprint density at radius 1 is 0.933 bits per heavy atom. The Hall–Kier alpha value is -4.76. The predicted octanol–water partition coefficient (Wildman–Crippen LogP) is 7.27. The number of hydrogen-bond acceptors (Lipinski definition) is 7. The van der Waals surface area contributed by atoms with E-state index in [9.17, 15) is 4.79 Å². The number of unbranched alkanes of at least 4 members (excludes halogenated alkanes) is 3. The van der Waals surface area contributed by atoms with Crippen molar-refractivity contribution in [3.8, 4) is 39.8 Å². The van der Waals surface area contributed by atoms with Crippen molar-refractivity contribution in [3.05, 3.63) is 105 Å². The molecule has 0 bridgehead atoms. The molecule has 230 valence electrons. The highest BCUT2D eigenvalue weighted by atomic mass is 32.1. The second-order valence-corrected chi connectivity index (χ2v) is 12.3. The van der Waals surface area contributed by atoms with Crippen molar-refractivity contribution in [1.29, 1.82) is 0 Å². The predicted molar refractivity (Wildman–Crippen MR) is 180 cm³/mol. The maximum absolute atomic E-state index is 13.5. The summed E-state index contributed by atoms with van der Waals surface area (Å²) in [6, 6.07) is 23.7. The molecule has 3 heterocycles. The SMILES string of the molecule is CCCCCCOc1ccc(-c2nc3sc(=Cc4cn(-c5ccccc5)nc4-c4ccc(OC(C)C)c(C)c4)c(=O)n3n2)cc1. The summed E-state index contributed by atoms with van der Waals surface area (Å²) < 4.78 is 15.6. The number of rotatable bonds is 12. The number of para-hydroxylation sites is 1. The smallest absolute Gasteiger partial charge is 0.291 e. The maximum Gasteiger partial charge on any atom is 0.291 e. The molecule has 0 unspecified atom stereocenters. The van der Waals surface area contributed by atoms with Crippen molar-refractivity contribution in [2.45, 2.75) is 59.5 Å². The Balaban J connectivity index is 1.31. The van der Waals surface area contributed by atoms with Gasteiger partial charge in [-0.2, -0.15) is 14.6 Å². The van der Waals surface area contributed by atoms with E-state index in [1.165, 1.54) is 35.1 Å². The fourth-order valence-electron chi connectivity index (χ4n) is 5.13. The number of ether oxygens (including phenoxy) is 2. The molecule has 8 nitrogen and oxygen atoms in total. The van der Waals surface area contributed by atoms with Gasteiger partial charge in [0.25, 0.3) is 5.56 Å². The van der Waals surface area contributed by atoms with Crippen molar-refractivity contribution in [3.63, 3.8) is 0 Å². The molecular weight excluding hydrogens is 582 g/mol. The van der Waals surface area contributed by atoms with Crippen molar-refractivity contribution in [1.82, 2.24) is 24.4 Å². The van der Waals surface area contributed by atoms with Crippen molar-refractivity contribution < 1.29 is 9.47 Å². The topological polar surface area (TPSA) is 83.5 Å². The van der Waals surface area contributed by atoms with Gasteiger partial charge in [-0.1, -0.05) is 55.7 Å². The summed E-state index contributed by atoms with van der Waals surface area (Å²) in [6.45, 7) is 8.97. The van der Waals surface area contributed by atoms with Gasteiger partial charge in [0.15, 0.2) is 5.82 Å². The molecule has 0 fully saturated rings. The molecule has 0 N–H and O–H groups in total. The molecule has 3 aromatic heterocycles. The Labute approximate surface area is 266 Å². The Bertz CT molecular complexity index is 2010. The van der Waals surface area contributed by atoms with Gasteiger partial charge in [0.1, 0.15) is 17.2 Å².